The standard InChI is InChI=1S/C25H24N4O5/c1-17(27-28-25(31)14-5-18-3-11-23(34-2)12-4-18)19-6-8-21(9-7-19)26-16-20-15-22(29(32)33)10-13-24(20)30/h3-15,26,30H,16H2,1-2H3,(H,28,31). The first-order valence-electron chi connectivity index (χ1n) is 10.3. The van der Waals surface area contributed by atoms with Gasteiger partial charge in [0.2, 0.25) is 0 Å². The zero-order valence-electron chi connectivity index (χ0n) is 18.7. The number of rotatable bonds is 9. The summed E-state index contributed by atoms with van der Waals surface area (Å²) in [5.41, 5.74) is 5.87. The summed E-state index contributed by atoms with van der Waals surface area (Å²) in [7, 11) is 1.59. The number of hydrogen-bond donors (Lipinski definition) is 3. The second-order valence-electron chi connectivity index (χ2n) is 7.28. The van der Waals surface area contributed by atoms with Crippen molar-refractivity contribution in [3.05, 3.63) is 99.6 Å². The molecular formula is C25H24N4O5. The van der Waals surface area contributed by atoms with E-state index < -0.39 is 4.92 Å². The van der Waals surface area contributed by atoms with Crippen LogP contribution in [0.2, 0.25) is 0 Å². The summed E-state index contributed by atoms with van der Waals surface area (Å²) in [6.07, 6.45) is 3.08. The normalized spacial score (nSPS) is 11.3. The topological polar surface area (TPSA) is 126 Å². The lowest BCUT2D eigenvalue weighted by Gasteiger charge is -2.09. The molecule has 0 aliphatic heterocycles. The van der Waals surface area contributed by atoms with Crippen LogP contribution in [0.15, 0.2) is 77.9 Å². The summed E-state index contributed by atoms with van der Waals surface area (Å²) in [5.74, 6) is 0.366. The number of anilines is 1. The molecule has 34 heavy (non-hydrogen) atoms. The molecule has 0 saturated carbocycles. The number of phenolic OH excluding ortho intramolecular Hbond substituents is 1. The van der Waals surface area contributed by atoms with Gasteiger partial charge in [-0.25, -0.2) is 5.43 Å². The Balaban J connectivity index is 1.55. The van der Waals surface area contributed by atoms with Crippen molar-refractivity contribution in [1.29, 1.82) is 0 Å². The maximum absolute atomic E-state index is 12.0. The van der Waals surface area contributed by atoms with Crippen molar-refractivity contribution in [1.82, 2.24) is 5.43 Å². The molecule has 0 radical (unpaired) electrons. The van der Waals surface area contributed by atoms with Crippen LogP contribution in [0.3, 0.4) is 0 Å². The van der Waals surface area contributed by atoms with E-state index >= 15 is 0 Å². The number of nitro benzene ring substituents is 1. The minimum atomic E-state index is -0.506. The lowest BCUT2D eigenvalue weighted by molar-refractivity contribution is -0.384. The van der Waals surface area contributed by atoms with E-state index in [1.54, 1.807) is 20.1 Å². The molecule has 0 unspecified atom stereocenters. The van der Waals surface area contributed by atoms with Gasteiger partial charge >= 0.3 is 0 Å². The van der Waals surface area contributed by atoms with Crippen molar-refractivity contribution in [2.24, 2.45) is 5.10 Å². The van der Waals surface area contributed by atoms with Crippen LogP contribution in [0.25, 0.3) is 6.08 Å². The molecule has 3 rings (SSSR count). The summed E-state index contributed by atoms with van der Waals surface area (Å²) >= 11 is 0. The van der Waals surface area contributed by atoms with Crippen LogP contribution >= 0.6 is 0 Å². The predicted octanol–water partition coefficient (Wildman–Crippen LogP) is 4.47. The highest BCUT2D eigenvalue weighted by Gasteiger charge is 2.10. The van der Waals surface area contributed by atoms with Gasteiger partial charge < -0.3 is 15.2 Å². The van der Waals surface area contributed by atoms with Crippen molar-refractivity contribution in [2.45, 2.75) is 13.5 Å². The van der Waals surface area contributed by atoms with E-state index in [-0.39, 0.29) is 23.9 Å². The largest absolute Gasteiger partial charge is 0.508 e. The van der Waals surface area contributed by atoms with E-state index in [1.807, 2.05) is 48.5 Å². The van der Waals surface area contributed by atoms with Gasteiger partial charge in [-0.15, -0.1) is 0 Å². The zero-order chi connectivity index (χ0) is 24.5. The quantitative estimate of drug-likeness (QED) is 0.187. The van der Waals surface area contributed by atoms with Crippen LogP contribution < -0.4 is 15.5 Å². The number of ether oxygens (including phenoxy) is 1. The van der Waals surface area contributed by atoms with Gasteiger partial charge in [0.15, 0.2) is 0 Å². The first-order chi connectivity index (χ1) is 16.4. The fraction of sp³-hybridized carbons (Fsp3) is 0.120. The zero-order valence-corrected chi connectivity index (χ0v) is 18.7. The maximum Gasteiger partial charge on any atom is 0.270 e. The van der Waals surface area contributed by atoms with E-state index in [4.69, 9.17) is 4.74 Å². The molecule has 1 amide bonds. The number of aromatic hydroxyl groups is 1. The number of hydrogen-bond acceptors (Lipinski definition) is 7. The van der Waals surface area contributed by atoms with Gasteiger partial charge in [0.1, 0.15) is 11.5 Å². The van der Waals surface area contributed by atoms with E-state index in [1.165, 1.54) is 24.3 Å². The molecule has 3 N–H and O–H groups in total. The molecule has 0 bridgehead atoms. The SMILES string of the molecule is COc1ccc(C=CC(=O)NN=C(C)c2ccc(NCc3cc([N+](=O)[O-])ccc3O)cc2)cc1. The molecule has 0 atom stereocenters. The summed E-state index contributed by atoms with van der Waals surface area (Å²) in [5, 5.41) is 28.1. The molecule has 9 nitrogen and oxygen atoms in total. The number of amides is 1. The third-order valence-corrected chi connectivity index (χ3v) is 4.94. The van der Waals surface area contributed by atoms with Crippen LogP contribution in [0, 0.1) is 10.1 Å². The predicted molar refractivity (Wildman–Crippen MR) is 131 cm³/mol. The molecule has 0 heterocycles. The molecule has 174 valence electrons. The molecule has 3 aromatic rings. The summed E-state index contributed by atoms with van der Waals surface area (Å²) in [6, 6.07) is 18.5. The average Bonchev–Trinajstić information content (AvgIpc) is 2.86. The van der Waals surface area contributed by atoms with Crippen LogP contribution in [-0.2, 0) is 11.3 Å². The third kappa shape index (κ3) is 6.67. The van der Waals surface area contributed by atoms with Gasteiger partial charge in [-0.3, -0.25) is 14.9 Å². The number of nitrogens with zero attached hydrogens (tertiary/aromatic N) is 2. The lowest BCUT2D eigenvalue weighted by atomic mass is 10.1. The minimum absolute atomic E-state index is 0.0190. The van der Waals surface area contributed by atoms with Gasteiger partial charge in [-0.05, 0) is 54.5 Å². The molecule has 3 aromatic carbocycles. The monoisotopic (exact) mass is 460 g/mol. The molecule has 0 aliphatic carbocycles. The number of hydrazone groups is 1. The van der Waals surface area contributed by atoms with Gasteiger partial charge in [0.05, 0.1) is 17.7 Å². The fourth-order valence-electron chi connectivity index (χ4n) is 2.98. The Morgan fingerprint density at radius 1 is 1.12 bits per heavy atom. The molecule has 0 saturated heterocycles. The number of carbonyl (C=O) groups excluding carboxylic acids is 1. The minimum Gasteiger partial charge on any atom is -0.508 e. The Labute approximate surface area is 196 Å². The number of phenols is 1. The summed E-state index contributed by atoms with van der Waals surface area (Å²) in [4.78, 5) is 22.5. The van der Waals surface area contributed by atoms with Gasteiger partial charge in [0.25, 0.3) is 11.6 Å². The molecule has 0 aromatic heterocycles. The Morgan fingerprint density at radius 3 is 2.47 bits per heavy atom. The second-order valence-corrected chi connectivity index (χ2v) is 7.28. The lowest BCUT2D eigenvalue weighted by Crippen LogP contribution is -2.16. The van der Waals surface area contributed by atoms with Gasteiger partial charge in [-0.2, -0.15) is 5.10 Å². The van der Waals surface area contributed by atoms with E-state index in [2.05, 4.69) is 15.8 Å². The van der Waals surface area contributed by atoms with Crippen LogP contribution in [-0.4, -0.2) is 28.8 Å². The Morgan fingerprint density at radius 2 is 1.82 bits per heavy atom. The van der Waals surface area contributed by atoms with E-state index in [9.17, 15) is 20.0 Å². The first kappa shape index (κ1) is 24.0. The van der Waals surface area contributed by atoms with Crippen molar-refractivity contribution >= 4 is 29.1 Å². The fourth-order valence-corrected chi connectivity index (χ4v) is 2.98. The third-order valence-electron chi connectivity index (χ3n) is 4.94. The highest BCUT2D eigenvalue weighted by atomic mass is 16.6. The van der Waals surface area contributed by atoms with Crippen molar-refractivity contribution in [3.8, 4) is 11.5 Å². The number of nitro groups is 1. The summed E-state index contributed by atoms with van der Waals surface area (Å²) in [6.45, 7) is 1.99. The number of nitrogens with one attached hydrogen (secondary N) is 2. The van der Waals surface area contributed by atoms with Crippen molar-refractivity contribution in [2.75, 3.05) is 12.4 Å². The number of methoxy groups -OCH3 is 1. The molecule has 0 aliphatic rings. The Hall–Kier alpha value is -4.66. The first-order valence-corrected chi connectivity index (χ1v) is 10.3. The van der Waals surface area contributed by atoms with Crippen LogP contribution in [0.5, 0.6) is 11.5 Å². The van der Waals surface area contributed by atoms with Crippen molar-refractivity contribution < 1.29 is 19.6 Å². The Kier molecular flexibility index (Phi) is 7.96. The molecule has 0 fully saturated rings. The smallest absolute Gasteiger partial charge is 0.270 e. The van der Waals surface area contributed by atoms with Gasteiger partial charge in [-0.1, -0.05) is 24.3 Å². The highest BCUT2D eigenvalue weighted by molar-refractivity contribution is 6.00. The second kappa shape index (κ2) is 11.3. The number of carbonyl (C=O) groups is 1. The average molecular weight is 460 g/mol. The summed E-state index contributed by atoms with van der Waals surface area (Å²) < 4.78 is 5.10. The van der Waals surface area contributed by atoms with Crippen molar-refractivity contribution in [3.63, 3.8) is 0 Å². The number of non-ortho nitro benzene ring substituents is 1. The van der Waals surface area contributed by atoms with E-state index in [0.29, 0.717) is 11.3 Å². The molecule has 9 heteroatoms. The maximum atomic E-state index is 12.0. The van der Waals surface area contributed by atoms with Crippen LogP contribution in [0.4, 0.5) is 11.4 Å². The molecule has 0 spiro atoms. The van der Waals surface area contributed by atoms with E-state index in [0.717, 1.165) is 22.6 Å². The Bertz CT molecular complexity index is 1220. The van der Waals surface area contributed by atoms with Crippen LogP contribution in [0.1, 0.15) is 23.6 Å². The molecular weight excluding hydrogens is 436 g/mol. The van der Waals surface area contributed by atoms with Gasteiger partial charge in [0, 0.05) is 36.0 Å². The number of benzene rings is 3. The highest BCUT2D eigenvalue weighted by Crippen LogP contribution is 2.24.